The van der Waals surface area contributed by atoms with Crippen LogP contribution in [0.1, 0.15) is 18.9 Å². The van der Waals surface area contributed by atoms with Crippen LogP contribution >= 0.6 is 12.2 Å². The van der Waals surface area contributed by atoms with E-state index in [2.05, 4.69) is 18.9 Å². The second-order valence-electron chi connectivity index (χ2n) is 4.12. The van der Waals surface area contributed by atoms with E-state index < -0.39 is 0 Å². The first-order valence-electron chi connectivity index (χ1n) is 5.68. The van der Waals surface area contributed by atoms with Gasteiger partial charge in [-0.3, -0.25) is 0 Å². The van der Waals surface area contributed by atoms with E-state index in [0.717, 1.165) is 24.3 Å². The van der Waals surface area contributed by atoms with Gasteiger partial charge in [0.15, 0.2) is 0 Å². The third kappa shape index (κ3) is 3.68. The fourth-order valence-corrected chi connectivity index (χ4v) is 1.88. The second kappa shape index (κ2) is 6.57. The van der Waals surface area contributed by atoms with Crippen LogP contribution in [-0.4, -0.2) is 31.8 Å². The fraction of sp³-hybridized carbons (Fsp3) is 0.462. The lowest BCUT2D eigenvalue weighted by Crippen LogP contribution is -2.31. The molecule has 0 aliphatic carbocycles. The summed E-state index contributed by atoms with van der Waals surface area (Å²) in [4.78, 5) is 2.62. The highest BCUT2D eigenvalue weighted by Crippen LogP contribution is 2.21. The van der Waals surface area contributed by atoms with Crippen molar-refractivity contribution >= 4 is 22.9 Å². The van der Waals surface area contributed by atoms with Gasteiger partial charge in [-0.25, -0.2) is 0 Å². The van der Waals surface area contributed by atoms with Crippen molar-refractivity contribution in [1.29, 1.82) is 0 Å². The minimum Gasteiger partial charge on any atom is -0.389 e. The molecule has 1 aromatic carbocycles. The van der Waals surface area contributed by atoms with E-state index in [1.54, 1.807) is 7.11 Å². The summed E-state index contributed by atoms with van der Waals surface area (Å²) in [6.07, 6.45) is 0.971. The Kier molecular flexibility index (Phi) is 5.38. The molecule has 0 aliphatic heterocycles. The molecule has 1 aromatic rings. The highest BCUT2D eigenvalue weighted by atomic mass is 32.1. The molecule has 0 aliphatic rings. The zero-order chi connectivity index (χ0) is 12.8. The third-order valence-corrected chi connectivity index (χ3v) is 3.17. The molecular weight excluding hydrogens is 232 g/mol. The Balaban J connectivity index is 2.87. The fourth-order valence-electron chi connectivity index (χ4n) is 1.71. The summed E-state index contributed by atoms with van der Waals surface area (Å²) in [7, 11) is 3.77. The van der Waals surface area contributed by atoms with Crippen LogP contribution in [0.3, 0.4) is 0 Å². The average Bonchev–Trinajstić information content (AvgIpc) is 2.34. The molecule has 0 spiro atoms. The first-order valence-corrected chi connectivity index (χ1v) is 6.09. The van der Waals surface area contributed by atoms with Gasteiger partial charge in [0, 0.05) is 38.1 Å². The summed E-state index contributed by atoms with van der Waals surface area (Å²) in [5.74, 6) is 0. The van der Waals surface area contributed by atoms with Gasteiger partial charge in [-0.2, -0.15) is 0 Å². The smallest absolute Gasteiger partial charge is 0.106 e. The van der Waals surface area contributed by atoms with Crippen LogP contribution in [0.5, 0.6) is 0 Å². The molecule has 0 aromatic heterocycles. The molecule has 94 valence electrons. The van der Waals surface area contributed by atoms with Gasteiger partial charge < -0.3 is 15.4 Å². The molecule has 0 bridgehead atoms. The Morgan fingerprint density at radius 3 is 2.71 bits per heavy atom. The van der Waals surface area contributed by atoms with Gasteiger partial charge in [-0.1, -0.05) is 24.4 Å². The molecule has 1 rings (SSSR count). The van der Waals surface area contributed by atoms with Crippen LogP contribution in [0.25, 0.3) is 0 Å². The largest absolute Gasteiger partial charge is 0.389 e. The van der Waals surface area contributed by atoms with Crippen molar-refractivity contribution < 1.29 is 4.74 Å². The van der Waals surface area contributed by atoms with Gasteiger partial charge in [-0.15, -0.1) is 0 Å². The minimum absolute atomic E-state index is 0.380. The maximum Gasteiger partial charge on any atom is 0.106 e. The SMILES string of the molecule is COCCC(C)N(C)c1ccccc1C(N)=S. The molecule has 0 saturated heterocycles. The summed E-state index contributed by atoms with van der Waals surface area (Å²) in [5.41, 5.74) is 7.73. The predicted octanol–water partition coefficient (Wildman–Crippen LogP) is 2.18. The summed E-state index contributed by atoms with van der Waals surface area (Å²) >= 11 is 5.07. The zero-order valence-electron chi connectivity index (χ0n) is 10.6. The van der Waals surface area contributed by atoms with Crippen LogP contribution in [0.15, 0.2) is 24.3 Å². The topological polar surface area (TPSA) is 38.5 Å². The van der Waals surface area contributed by atoms with Crippen molar-refractivity contribution in [3.05, 3.63) is 29.8 Å². The summed E-state index contributed by atoms with van der Waals surface area (Å²) in [6.45, 7) is 2.91. The summed E-state index contributed by atoms with van der Waals surface area (Å²) in [5, 5.41) is 0. The molecular formula is C13H20N2OS. The number of benzene rings is 1. The Labute approximate surface area is 109 Å². The highest BCUT2D eigenvalue weighted by Gasteiger charge is 2.14. The van der Waals surface area contributed by atoms with E-state index in [-0.39, 0.29) is 0 Å². The number of rotatable bonds is 6. The van der Waals surface area contributed by atoms with Crippen molar-refractivity contribution in [3.63, 3.8) is 0 Å². The molecule has 0 fully saturated rings. The number of hydrogen-bond acceptors (Lipinski definition) is 3. The van der Waals surface area contributed by atoms with Gasteiger partial charge in [0.25, 0.3) is 0 Å². The second-order valence-corrected chi connectivity index (χ2v) is 4.56. The van der Waals surface area contributed by atoms with Gasteiger partial charge in [0.2, 0.25) is 0 Å². The summed E-state index contributed by atoms with van der Waals surface area (Å²) in [6, 6.07) is 8.32. The molecule has 1 atom stereocenters. The van der Waals surface area contributed by atoms with Gasteiger partial charge in [0.1, 0.15) is 4.99 Å². The molecule has 0 saturated carbocycles. The number of methoxy groups -OCH3 is 1. The standard InChI is InChI=1S/C13H20N2OS/c1-10(8-9-16-3)15(2)12-7-5-4-6-11(12)13(14)17/h4-7,10H,8-9H2,1-3H3,(H2,14,17). The number of anilines is 1. The molecule has 4 heteroatoms. The van der Waals surface area contributed by atoms with Gasteiger partial charge in [0.05, 0.1) is 0 Å². The Hall–Kier alpha value is -1.13. The maximum absolute atomic E-state index is 5.73. The van der Waals surface area contributed by atoms with E-state index in [4.69, 9.17) is 22.7 Å². The molecule has 1 unspecified atom stereocenters. The van der Waals surface area contributed by atoms with Crippen LogP contribution < -0.4 is 10.6 Å². The van der Waals surface area contributed by atoms with Crippen LogP contribution in [-0.2, 0) is 4.74 Å². The normalized spacial score (nSPS) is 12.2. The molecule has 0 amide bonds. The molecule has 17 heavy (non-hydrogen) atoms. The number of ether oxygens (including phenoxy) is 1. The van der Waals surface area contributed by atoms with Gasteiger partial charge >= 0.3 is 0 Å². The highest BCUT2D eigenvalue weighted by molar-refractivity contribution is 7.80. The monoisotopic (exact) mass is 252 g/mol. The van der Waals surface area contributed by atoms with E-state index in [9.17, 15) is 0 Å². The minimum atomic E-state index is 0.380. The first kappa shape index (κ1) is 13.9. The summed E-state index contributed by atoms with van der Waals surface area (Å²) < 4.78 is 5.10. The van der Waals surface area contributed by atoms with E-state index in [1.807, 2.05) is 24.3 Å². The zero-order valence-corrected chi connectivity index (χ0v) is 11.5. The van der Waals surface area contributed by atoms with E-state index >= 15 is 0 Å². The number of nitrogens with two attached hydrogens (primary N) is 1. The van der Waals surface area contributed by atoms with Crippen LogP contribution in [0.2, 0.25) is 0 Å². The lowest BCUT2D eigenvalue weighted by molar-refractivity contribution is 0.189. The molecule has 0 radical (unpaired) electrons. The molecule has 2 N–H and O–H groups in total. The molecule has 3 nitrogen and oxygen atoms in total. The molecule has 0 heterocycles. The van der Waals surface area contributed by atoms with Crippen molar-refractivity contribution in [2.75, 3.05) is 25.7 Å². The first-order chi connectivity index (χ1) is 8.07. The quantitative estimate of drug-likeness (QED) is 0.788. The maximum atomic E-state index is 5.73. The number of thiocarbonyl (C=S) groups is 1. The van der Waals surface area contributed by atoms with Crippen molar-refractivity contribution in [2.24, 2.45) is 5.73 Å². The number of para-hydroxylation sites is 1. The Bertz CT molecular complexity index is 381. The van der Waals surface area contributed by atoms with Crippen molar-refractivity contribution in [2.45, 2.75) is 19.4 Å². The lowest BCUT2D eigenvalue weighted by Gasteiger charge is -2.28. The number of nitrogens with zero attached hydrogens (tertiary/aromatic N) is 1. The van der Waals surface area contributed by atoms with Crippen molar-refractivity contribution in [1.82, 2.24) is 0 Å². The number of hydrogen-bond donors (Lipinski definition) is 1. The van der Waals surface area contributed by atoms with Crippen LogP contribution in [0, 0.1) is 0 Å². The Morgan fingerprint density at radius 2 is 2.12 bits per heavy atom. The van der Waals surface area contributed by atoms with Crippen molar-refractivity contribution in [3.8, 4) is 0 Å². The Morgan fingerprint density at radius 1 is 1.47 bits per heavy atom. The van der Waals surface area contributed by atoms with E-state index in [1.165, 1.54) is 0 Å². The lowest BCUT2D eigenvalue weighted by atomic mass is 10.1. The van der Waals surface area contributed by atoms with Crippen LogP contribution in [0.4, 0.5) is 5.69 Å². The predicted molar refractivity (Wildman–Crippen MR) is 76.7 cm³/mol. The van der Waals surface area contributed by atoms with E-state index in [0.29, 0.717) is 11.0 Å². The van der Waals surface area contributed by atoms with Gasteiger partial charge in [-0.05, 0) is 25.5 Å². The average molecular weight is 252 g/mol. The third-order valence-electron chi connectivity index (χ3n) is 2.95.